The molecule has 4 rings (SSSR count). The number of amides is 2. The fourth-order valence-electron chi connectivity index (χ4n) is 3.77. The minimum absolute atomic E-state index is 0.163. The van der Waals surface area contributed by atoms with Crippen molar-refractivity contribution in [1.82, 2.24) is 9.55 Å². The SMILES string of the molecule is CCC(=O)Nc1ccc(C)cc1-c1nc2ccccc2n(CC(=O)Nc2ccccc2C)c1=O. The topological polar surface area (TPSA) is 93.1 Å². The Balaban J connectivity index is 1.83. The molecule has 2 N–H and O–H groups in total. The van der Waals surface area contributed by atoms with Gasteiger partial charge >= 0.3 is 0 Å². The summed E-state index contributed by atoms with van der Waals surface area (Å²) < 4.78 is 1.43. The van der Waals surface area contributed by atoms with E-state index in [0.717, 1.165) is 11.1 Å². The Morgan fingerprint density at radius 2 is 1.59 bits per heavy atom. The highest BCUT2D eigenvalue weighted by Gasteiger charge is 2.18. The van der Waals surface area contributed by atoms with Crippen molar-refractivity contribution in [2.45, 2.75) is 33.7 Å². The molecule has 0 saturated carbocycles. The van der Waals surface area contributed by atoms with Crippen molar-refractivity contribution in [3.8, 4) is 11.3 Å². The Morgan fingerprint density at radius 1 is 0.882 bits per heavy atom. The molecule has 0 unspecified atom stereocenters. The number of aromatic nitrogens is 2. The highest BCUT2D eigenvalue weighted by molar-refractivity contribution is 5.96. The summed E-state index contributed by atoms with van der Waals surface area (Å²) in [6, 6.07) is 20.1. The second-order valence-electron chi connectivity index (χ2n) is 8.15. The zero-order valence-electron chi connectivity index (χ0n) is 19.4. The van der Waals surface area contributed by atoms with Gasteiger partial charge in [-0.3, -0.25) is 19.0 Å². The Bertz CT molecular complexity index is 1460. The number of nitrogens with one attached hydrogen (secondary N) is 2. The lowest BCUT2D eigenvalue weighted by Crippen LogP contribution is -2.30. The third-order valence-corrected chi connectivity index (χ3v) is 5.60. The molecule has 0 aliphatic heterocycles. The van der Waals surface area contributed by atoms with E-state index in [1.807, 2.05) is 56.3 Å². The van der Waals surface area contributed by atoms with Crippen LogP contribution in [0.15, 0.2) is 71.5 Å². The molecule has 1 aromatic heterocycles. The number of para-hydroxylation sites is 3. The first-order valence-electron chi connectivity index (χ1n) is 11.1. The molecule has 0 atom stereocenters. The van der Waals surface area contributed by atoms with Gasteiger partial charge in [0.05, 0.1) is 16.7 Å². The monoisotopic (exact) mass is 454 g/mol. The minimum atomic E-state index is -0.406. The minimum Gasteiger partial charge on any atom is -0.325 e. The van der Waals surface area contributed by atoms with Crippen molar-refractivity contribution in [2.75, 3.05) is 10.6 Å². The second kappa shape index (κ2) is 9.70. The Morgan fingerprint density at radius 3 is 2.35 bits per heavy atom. The van der Waals surface area contributed by atoms with E-state index >= 15 is 0 Å². The van der Waals surface area contributed by atoms with Crippen molar-refractivity contribution in [1.29, 1.82) is 0 Å². The van der Waals surface area contributed by atoms with E-state index in [1.165, 1.54) is 4.57 Å². The first-order chi connectivity index (χ1) is 16.4. The van der Waals surface area contributed by atoms with Crippen molar-refractivity contribution in [2.24, 2.45) is 0 Å². The van der Waals surface area contributed by atoms with Gasteiger partial charge in [-0.05, 0) is 49.7 Å². The lowest BCUT2D eigenvalue weighted by Gasteiger charge is -2.15. The largest absolute Gasteiger partial charge is 0.325 e. The molecule has 3 aromatic carbocycles. The van der Waals surface area contributed by atoms with Crippen molar-refractivity contribution in [3.63, 3.8) is 0 Å². The van der Waals surface area contributed by atoms with Crippen LogP contribution < -0.4 is 16.2 Å². The standard InChI is InChI=1S/C27H26N4O3/c1-4-24(32)29-21-14-13-17(2)15-19(21)26-27(34)31(23-12-8-7-11-22(23)30-26)16-25(33)28-20-10-6-5-9-18(20)3/h5-15H,4,16H2,1-3H3,(H,28,33)(H,29,32). The van der Waals surface area contributed by atoms with Crippen LogP contribution in [0.3, 0.4) is 0 Å². The van der Waals surface area contributed by atoms with Crippen LogP contribution in [-0.2, 0) is 16.1 Å². The first kappa shape index (κ1) is 22.9. The van der Waals surface area contributed by atoms with Crippen LogP contribution >= 0.6 is 0 Å². The molecule has 4 aromatic rings. The van der Waals surface area contributed by atoms with Crippen molar-refractivity contribution in [3.05, 3.63) is 88.2 Å². The van der Waals surface area contributed by atoms with Gasteiger partial charge in [0.1, 0.15) is 12.2 Å². The van der Waals surface area contributed by atoms with Gasteiger partial charge in [-0.1, -0.05) is 48.9 Å². The number of hydrogen-bond acceptors (Lipinski definition) is 4. The predicted molar refractivity (Wildman–Crippen MR) is 135 cm³/mol. The number of fused-ring (bicyclic) bond motifs is 1. The van der Waals surface area contributed by atoms with Gasteiger partial charge in [-0.2, -0.15) is 0 Å². The Labute approximate surface area is 197 Å². The van der Waals surface area contributed by atoms with Gasteiger partial charge in [-0.25, -0.2) is 4.98 Å². The number of carbonyl (C=O) groups is 2. The molecule has 0 fully saturated rings. The zero-order valence-corrected chi connectivity index (χ0v) is 19.4. The number of anilines is 2. The molecule has 34 heavy (non-hydrogen) atoms. The van der Waals surface area contributed by atoms with Crippen LogP contribution in [0.5, 0.6) is 0 Å². The van der Waals surface area contributed by atoms with Gasteiger partial charge in [0.2, 0.25) is 11.8 Å². The van der Waals surface area contributed by atoms with Crippen molar-refractivity contribution < 1.29 is 9.59 Å². The molecule has 2 amide bonds. The summed E-state index contributed by atoms with van der Waals surface area (Å²) in [7, 11) is 0. The molecule has 0 spiro atoms. The predicted octanol–water partition coefficient (Wildman–Crippen LogP) is 4.67. The molecule has 0 bridgehead atoms. The molecule has 1 heterocycles. The number of aryl methyl sites for hydroxylation is 2. The quantitative estimate of drug-likeness (QED) is 0.443. The normalized spacial score (nSPS) is 10.8. The third-order valence-electron chi connectivity index (χ3n) is 5.60. The highest BCUT2D eigenvalue weighted by atomic mass is 16.2. The summed E-state index contributed by atoms with van der Waals surface area (Å²) in [5.41, 5.74) is 4.48. The highest BCUT2D eigenvalue weighted by Crippen LogP contribution is 2.27. The average Bonchev–Trinajstić information content (AvgIpc) is 2.83. The maximum Gasteiger partial charge on any atom is 0.278 e. The van der Waals surface area contributed by atoms with Crippen LogP contribution in [-0.4, -0.2) is 21.4 Å². The smallest absolute Gasteiger partial charge is 0.278 e. The van der Waals surface area contributed by atoms with Crippen LogP contribution in [0.1, 0.15) is 24.5 Å². The van der Waals surface area contributed by atoms with Crippen LogP contribution in [0.25, 0.3) is 22.3 Å². The van der Waals surface area contributed by atoms with Gasteiger partial charge in [0.25, 0.3) is 5.56 Å². The molecular formula is C27H26N4O3. The second-order valence-corrected chi connectivity index (χ2v) is 8.15. The van der Waals surface area contributed by atoms with Gasteiger partial charge in [-0.15, -0.1) is 0 Å². The van der Waals surface area contributed by atoms with E-state index in [9.17, 15) is 14.4 Å². The van der Waals surface area contributed by atoms with E-state index in [1.54, 1.807) is 31.2 Å². The number of carbonyl (C=O) groups excluding carboxylic acids is 2. The van der Waals surface area contributed by atoms with E-state index in [-0.39, 0.29) is 24.1 Å². The average molecular weight is 455 g/mol. The summed E-state index contributed by atoms with van der Waals surface area (Å²) in [5.74, 6) is -0.480. The van der Waals surface area contributed by atoms with Crippen molar-refractivity contribution >= 4 is 34.2 Å². The van der Waals surface area contributed by atoms with E-state index < -0.39 is 5.56 Å². The number of rotatable bonds is 6. The molecule has 0 aliphatic rings. The maximum absolute atomic E-state index is 13.7. The molecule has 172 valence electrons. The summed E-state index contributed by atoms with van der Waals surface area (Å²) in [4.78, 5) is 43.3. The van der Waals surface area contributed by atoms with E-state index in [2.05, 4.69) is 15.6 Å². The molecular weight excluding hydrogens is 428 g/mol. The van der Waals surface area contributed by atoms with Gasteiger partial charge < -0.3 is 10.6 Å². The van der Waals surface area contributed by atoms with Crippen LogP contribution in [0.4, 0.5) is 11.4 Å². The van der Waals surface area contributed by atoms with E-state index in [4.69, 9.17) is 0 Å². The molecule has 0 radical (unpaired) electrons. The number of benzene rings is 3. The molecule has 7 heteroatoms. The maximum atomic E-state index is 13.7. The van der Waals surface area contributed by atoms with Gasteiger partial charge in [0, 0.05) is 17.7 Å². The Hall–Kier alpha value is -4.26. The summed E-state index contributed by atoms with van der Waals surface area (Å²) in [5, 5.41) is 5.74. The lowest BCUT2D eigenvalue weighted by molar-refractivity contribution is -0.117. The molecule has 0 saturated heterocycles. The summed E-state index contributed by atoms with van der Waals surface area (Å²) in [6.07, 6.45) is 0.307. The summed E-state index contributed by atoms with van der Waals surface area (Å²) >= 11 is 0. The number of nitrogens with zero attached hydrogens (tertiary/aromatic N) is 2. The fraction of sp³-hybridized carbons (Fsp3) is 0.185. The number of hydrogen-bond donors (Lipinski definition) is 2. The first-order valence-corrected chi connectivity index (χ1v) is 11.1. The van der Waals surface area contributed by atoms with Gasteiger partial charge in [0.15, 0.2) is 0 Å². The van der Waals surface area contributed by atoms with Crippen LogP contribution in [0.2, 0.25) is 0 Å². The fourth-order valence-corrected chi connectivity index (χ4v) is 3.77. The molecule has 7 nitrogen and oxygen atoms in total. The summed E-state index contributed by atoms with van der Waals surface area (Å²) in [6.45, 7) is 5.40. The zero-order chi connectivity index (χ0) is 24.2. The lowest BCUT2D eigenvalue weighted by atomic mass is 10.1. The van der Waals surface area contributed by atoms with Crippen LogP contribution in [0, 0.1) is 13.8 Å². The van der Waals surface area contributed by atoms with E-state index in [0.29, 0.717) is 34.4 Å². The Kier molecular flexibility index (Phi) is 6.54. The molecule has 0 aliphatic carbocycles. The third kappa shape index (κ3) is 4.73.